The maximum Gasteiger partial charge on any atom is 0.143 e. The van der Waals surface area contributed by atoms with Crippen LogP contribution < -0.4 is 0 Å². The molecule has 3 rings (SSSR count). The first-order chi connectivity index (χ1) is 10.0. The SMILES string of the molecule is Cc1ccc2c(c1)c(CC(=O)Cc1nc[nH]c1C)cn2C. The molecule has 0 bridgehead atoms. The predicted molar refractivity (Wildman–Crippen MR) is 83.4 cm³/mol. The van der Waals surface area contributed by atoms with Crippen LogP contribution in [0.4, 0.5) is 0 Å². The van der Waals surface area contributed by atoms with E-state index in [4.69, 9.17) is 0 Å². The number of benzene rings is 1. The summed E-state index contributed by atoms with van der Waals surface area (Å²) >= 11 is 0. The van der Waals surface area contributed by atoms with Gasteiger partial charge < -0.3 is 9.55 Å². The highest BCUT2D eigenvalue weighted by atomic mass is 16.1. The molecule has 0 aliphatic rings. The number of ketones is 1. The first-order valence-corrected chi connectivity index (χ1v) is 7.09. The third kappa shape index (κ3) is 2.61. The molecule has 0 amide bonds. The van der Waals surface area contributed by atoms with E-state index in [-0.39, 0.29) is 5.78 Å². The van der Waals surface area contributed by atoms with Gasteiger partial charge in [-0.2, -0.15) is 0 Å². The second-order valence-corrected chi connectivity index (χ2v) is 5.65. The van der Waals surface area contributed by atoms with Crippen LogP contribution in [0.25, 0.3) is 10.9 Å². The van der Waals surface area contributed by atoms with Crippen LogP contribution >= 0.6 is 0 Å². The molecule has 1 N–H and O–H groups in total. The predicted octanol–water partition coefficient (Wildman–Crippen LogP) is 2.87. The standard InChI is InChI=1S/C17H19N3O/c1-11-4-5-17-15(6-11)13(9-20(17)3)7-14(21)8-16-12(2)18-10-19-16/h4-6,9-10H,7-8H2,1-3H3,(H,18,19). The Morgan fingerprint density at radius 2 is 2.10 bits per heavy atom. The molecule has 3 aromatic rings. The maximum absolute atomic E-state index is 12.3. The zero-order chi connectivity index (χ0) is 15.0. The Hall–Kier alpha value is -2.36. The van der Waals surface area contributed by atoms with Gasteiger partial charge in [0.05, 0.1) is 18.4 Å². The van der Waals surface area contributed by atoms with E-state index >= 15 is 0 Å². The Morgan fingerprint density at radius 3 is 2.81 bits per heavy atom. The lowest BCUT2D eigenvalue weighted by atomic mass is 10.0. The van der Waals surface area contributed by atoms with Crippen LogP contribution in [0, 0.1) is 13.8 Å². The van der Waals surface area contributed by atoms with Gasteiger partial charge in [-0.05, 0) is 31.5 Å². The highest BCUT2D eigenvalue weighted by Crippen LogP contribution is 2.23. The third-order valence-electron chi connectivity index (χ3n) is 3.91. The summed E-state index contributed by atoms with van der Waals surface area (Å²) in [6.07, 6.45) is 4.53. The summed E-state index contributed by atoms with van der Waals surface area (Å²) < 4.78 is 2.08. The number of nitrogens with one attached hydrogen (secondary N) is 1. The Balaban J connectivity index is 1.86. The smallest absolute Gasteiger partial charge is 0.143 e. The molecular weight excluding hydrogens is 262 g/mol. The molecule has 4 heteroatoms. The van der Waals surface area contributed by atoms with E-state index in [2.05, 4.69) is 45.9 Å². The number of aromatic nitrogens is 3. The summed E-state index contributed by atoms with van der Waals surface area (Å²) in [6.45, 7) is 4.02. The van der Waals surface area contributed by atoms with Gasteiger partial charge in [0.1, 0.15) is 5.78 Å². The molecule has 0 atom stereocenters. The van der Waals surface area contributed by atoms with Gasteiger partial charge in [0.15, 0.2) is 0 Å². The van der Waals surface area contributed by atoms with E-state index in [1.54, 1.807) is 6.33 Å². The second kappa shape index (κ2) is 5.20. The number of H-pyrrole nitrogens is 1. The van der Waals surface area contributed by atoms with Crippen LogP contribution in [0.15, 0.2) is 30.7 Å². The number of carbonyl (C=O) groups excluding carboxylic acids is 1. The fraction of sp³-hybridized carbons (Fsp3) is 0.294. The quantitative estimate of drug-likeness (QED) is 0.799. The summed E-state index contributed by atoms with van der Waals surface area (Å²) in [5.74, 6) is 0.194. The number of nitrogens with zero attached hydrogens (tertiary/aromatic N) is 2. The molecule has 0 aliphatic carbocycles. The van der Waals surface area contributed by atoms with Crippen molar-refractivity contribution in [1.29, 1.82) is 0 Å². The Kier molecular flexibility index (Phi) is 3.37. The van der Waals surface area contributed by atoms with Crippen molar-refractivity contribution in [3.05, 3.63) is 53.2 Å². The van der Waals surface area contributed by atoms with E-state index in [1.807, 2.05) is 14.0 Å². The van der Waals surface area contributed by atoms with Crippen molar-refractivity contribution >= 4 is 16.7 Å². The van der Waals surface area contributed by atoms with E-state index in [9.17, 15) is 4.79 Å². The third-order valence-corrected chi connectivity index (χ3v) is 3.91. The molecule has 21 heavy (non-hydrogen) atoms. The highest BCUT2D eigenvalue weighted by molar-refractivity contribution is 5.91. The van der Waals surface area contributed by atoms with Crippen molar-refractivity contribution in [1.82, 2.24) is 14.5 Å². The van der Waals surface area contributed by atoms with Gasteiger partial charge in [-0.3, -0.25) is 4.79 Å². The van der Waals surface area contributed by atoms with Gasteiger partial charge in [0.25, 0.3) is 0 Å². The monoisotopic (exact) mass is 281 g/mol. The van der Waals surface area contributed by atoms with E-state index in [0.717, 1.165) is 17.0 Å². The molecule has 0 unspecified atom stereocenters. The summed E-state index contributed by atoms with van der Waals surface area (Å²) in [7, 11) is 2.02. The number of carbonyl (C=O) groups is 1. The fourth-order valence-electron chi connectivity index (χ4n) is 2.76. The molecule has 0 radical (unpaired) electrons. The normalized spacial score (nSPS) is 11.2. The fourth-order valence-corrected chi connectivity index (χ4v) is 2.76. The van der Waals surface area contributed by atoms with Crippen molar-refractivity contribution < 1.29 is 4.79 Å². The van der Waals surface area contributed by atoms with Crippen LogP contribution in [0.2, 0.25) is 0 Å². The molecule has 0 saturated heterocycles. The zero-order valence-corrected chi connectivity index (χ0v) is 12.6. The van der Waals surface area contributed by atoms with Gasteiger partial charge in [-0.25, -0.2) is 4.98 Å². The first kappa shape index (κ1) is 13.6. The maximum atomic E-state index is 12.3. The average molecular weight is 281 g/mol. The number of Topliss-reactive ketones (excluding diaryl/α,β-unsaturated/α-hetero) is 1. The molecule has 4 nitrogen and oxygen atoms in total. The first-order valence-electron chi connectivity index (χ1n) is 7.09. The molecule has 0 spiro atoms. The lowest BCUT2D eigenvalue weighted by Gasteiger charge is -2.00. The number of aromatic amines is 1. The number of fused-ring (bicyclic) bond motifs is 1. The van der Waals surface area contributed by atoms with Crippen molar-refractivity contribution in [2.24, 2.45) is 7.05 Å². The van der Waals surface area contributed by atoms with Crippen LogP contribution in [0.3, 0.4) is 0 Å². The topological polar surface area (TPSA) is 50.7 Å². The number of hydrogen-bond donors (Lipinski definition) is 1. The lowest BCUT2D eigenvalue weighted by Crippen LogP contribution is -2.07. The molecule has 0 saturated carbocycles. The van der Waals surface area contributed by atoms with E-state index < -0.39 is 0 Å². The van der Waals surface area contributed by atoms with Crippen LogP contribution in [-0.2, 0) is 24.7 Å². The molecule has 2 heterocycles. The van der Waals surface area contributed by atoms with Gasteiger partial charge >= 0.3 is 0 Å². The minimum Gasteiger partial charge on any atom is -0.350 e. The number of rotatable bonds is 4. The summed E-state index contributed by atoms with van der Waals surface area (Å²) in [4.78, 5) is 19.5. The number of imidazole rings is 1. The van der Waals surface area contributed by atoms with Crippen LogP contribution in [-0.4, -0.2) is 20.3 Å². The van der Waals surface area contributed by atoms with E-state index in [1.165, 1.54) is 16.5 Å². The van der Waals surface area contributed by atoms with Crippen LogP contribution in [0.5, 0.6) is 0 Å². The molecular formula is C17H19N3O. The Labute approximate surface area is 123 Å². The van der Waals surface area contributed by atoms with Gasteiger partial charge in [-0.15, -0.1) is 0 Å². The zero-order valence-electron chi connectivity index (χ0n) is 12.6. The van der Waals surface area contributed by atoms with Crippen molar-refractivity contribution in [3.63, 3.8) is 0 Å². The molecule has 0 aliphatic heterocycles. The van der Waals surface area contributed by atoms with Gasteiger partial charge in [-0.1, -0.05) is 11.6 Å². The van der Waals surface area contributed by atoms with Crippen molar-refractivity contribution in [2.45, 2.75) is 26.7 Å². The largest absolute Gasteiger partial charge is 0.350 e. The number of aryl methyl sites for hydroxylation is 3. The summed E-state index contributed by atoms with van der Waals surface area (Å²) in [5.41, 5.74) is 5.29. The molecule has 0 fully saturated rings. The Bertz CT molecular complexity index is 811. The van der Waals surface area contributed by atoms with Gasteiger partial charge in [0.2, 0.25) is 0 Å². The number of hydrogen-bond acceptors (Lipinski definition) is 2. The van der Waals surface area contributed by atoms with Crippen LogP contribution in [0.1, 0.15) is 22.5 Å². The average Bonchev–Trinajstić information content (AvgIpc) is 2.95. The van der Waals surface area contributed by atoms with Crippen molar-refractivity contribution in [3.8, 4) is 0 Å². The molecule has 108 valence electrons. The second-order valence-electron chi connectivity index (χ2n) is 5.65. The summed E-state index contributed by atoms with van der Waals surface area (Å²) in [5, 5.41) is 1.17. The highest BCUT2D eigenvalue weighted by Gasteiger charge is 2.13. The molecule has 1 aromatic carbocycles. The molecule has 2 aromatic heterocycles. The van der Waals surface area contributed by atoms with E-state index in [0.29, 0.717) is 12.8 Å². The lowest BCUT2D eigenvalue weighted by molar-refractivity contribution is -0.117. The minimum atomic E-state index is 0.194. The minimum absolute atomic E-state index is 0.194. The Morgan fingerprint density at radius 1 is 1.29 bits per heavy atom. The summed E-state index contributed by atoms with van der Waals surface area (Å²) in [6, 6.07) is 6.36. The van der Waals surface area contributed by atoms with Crippen molar-refractivity contribution in [2.75, 3.05) is 0 Å². The van der Waals surface area contributed by atoms with Gasteiger partial charge in [0, 0.05) is 36.3 Å².